The highest BCUT2D eigenvalue weighted by Gasteiger charge is 2.23. The van der Waals surface area contributed by atoms with Gasteiger partial charge in [0, 0.05) is 32.4 Å². The molecule has 1 aliphatic rings. The largest absolute Gasteiger partial charge is 0.332 e. The van der Waals surface area contributed by atoms with Crippen molar-refractivity contribution in [2.45, 2.75) is 6.92 Å². The van der Waals surface area contributed by atoms with Gasteiger partial charge in [-0.1, -0.05) is 6.07 Å². The van der Waals surface area contributed by atoms with Gasteiger partial charge in [-0.15, -0.1) is 0 Å². The van der Waals surface area contributed by atoms with E-state index in [9.17, 15) is 9.59 Å². The van der Waals surface area contributed by atoms with Crippen molar-refractivity contribution in [1.82, 2.24) is 15.2 Å². The number of aromatic nitrogens is 1. The zero-order chi connectivity index (χ0) is 13.0. The Balaban J connectivity index is 1.94. The van der Waals surface area contributed by atoms with Gasteiger partial charge in [0.25, 0.3) is 0 Å². The van der Waals surface area contributed by atoms with Crippen LogP contribution in [0.15, 0.2) is 18.3 Å². The quantitative estimate of drug-likeness (QED) is 0.673. The standard InChI is InChI=1S/C12H16N4O2/c1-9-2-3-10(14-8-9)15-11(17)12(18)16-6-4-13-5-7-16/h2-3,8,13H,4-7H2,1H3,(H,14,15,17). The highest BCUT2D eigenvalue weighted by Crippen LogP contribution is 2.04. The Bertz CT molecular complexity index is 438. The van der Waals surface area contributed by atoms with E-state index in [1.807, 2.05) is 13.0 Å². The van der Waals surface area contributed by atoms with Gasteiger partial charge in [-0.05, 0) is 18.6 Å². The summed E-state index contributed by atoms with van der Waals surface area (Å²) < 4.78 is 0. The molecule has 0 spiro atoms. The van der Waals surface area contributed by atoms with Crippen molar-refractivity contribution in [3.05, 3.63) is 23.9 Å². The molecule has 0 aromatic carbocycles. The number of amides is 2. The van der Waals surface area contributed by atoms with E-state index in [1.54, 1.807) is 17.2 Å². The van der Waals surface area contributed by atoms with Gasteiger partial charge in [0.05, 0.1) is 0 Å². The van der Waals surface area contributed by atoms with Crippen LogP contribution in [-0.2, 0) is 9.59 Å². The molecule has 6 heteroatoms. The Morgan fingerprint density at radius 3 is 2.67 bits per heavy atom. The molecule has 2 amide bonds. The second-order valence-electron chi connectivity index (χ2n) is 4.22. The van der Waals surface area contributed by atoms with Gasteiger partial charge in [-0.25, -0.2) is 4.98 Å². The summed E-state index contributed by atoms with van der Waals surface area (Å²) in [6.07, 6.45) is 1.64. The first-order valence-electron chi connectivity index (χ1n) is 5.90. The van der Waals surface area contributed by atoms with Gasteiger partial charge >= 0.3 is 11.8 Å². The molecule has 2 heterocycles. The minimum Gasteiger partial charge on any atom is -0.332 e. The molecule has 0 atom stereocenters. The summed E-state index contributed by atoms with van der Waals surface area (Å²) in [6, 6.07) is 3.51. The molecular formula is C12H16N4O2. The van der Waals surface area contributed by atoms with Gasteiger partial charge in [0.15, 0.2) is 0 Å². The monoisotopic (exact) mass is 248 g/mol. The van der Waals surface area contributed by atoms with Crippen LogP contribution in [0.2, 0.25) is 0 Å². The fourth-order valence-corrected chi connectivity index (χ4v) is 1.72. The Labute approximate surface area is 105 Å². The minimum atomic E-state index is -0.631. The van der Waals surface area contributed by atoms with Crippen LogP contribution in [0.3, 0.4) is 0 Å². The SMILES string of the molecule is Cc1ccc(NC(=O)C(=O)N2CCNCC2)nc1. The van der Waals surface area contributed by atoms with Gasteiger partial charge in [-0.2, -0.15) is 0 Å². The topological polar surface area (TPSA) is 74.3 Å². The Morgan fingerprint density at radius 2 is 2.06 bits per heavy atom. The van der Waals surface area contributed by atoms with Crippen LogP contribution in [0, 0.1) is 6.92 Å². The van der Waals surface area contributed by atoms with Gasteiger partial charge in [-0.3, -0.25) is 9.59 Å². The van der Waals surface area contributed by atoms with Crippen LogP contribution in [0.1, 0.15) is 5.56 Å². The fraction of sp³-hybridized carbons (Fsp3) is 0.417. The third-order valence-electron chi connectivity index (χ3n) is 2.75. The van der Waals surface area contributed by atoms with E-state index in [0.29, 0.717) is 18.9 Å². The highest BCUT2D eigenvalue weighted by atomic mass is 16.2. The van der Waals surface area contributed by atoms with E-state index < -0.39 is 11.8 Å². The Kier molecular flexibility index (Phi) is 3.88. The maximum absolute atomic E-state index is 11.8. The Morgan fingerprint density at radius 1 is 1.33 bits per heavy atom. The molecular weight excluding hydrogens is 232 g/mol. The van der Waals surface area contributed by atoms with Crippen molar-refractivity contribution in [3.8, 4) is 0 Å². The maximum Gasteiger partial charge on any atom is 0.315 e. The molecule has 1 aromatic rings. The second-order valence-corrected chi connectivity index (χ2v) is 4.22. The molecule has 0 bridgehead atoms. The van der Waals surface area contributed by atoms with Gasteiger partial charge in [0.1, 0.15) is 5.82 Å². The summed E-state index contributed by atoms with van der Waals surface area (Å²) >= 11 is 0. The summed E-state index contributed by atoms with van der Waals surface area (Å²) in [7, 11) is 0. The number of hydrogen-bond acceptors (Lipinski definition) is 4. The lowest BCUT2D eigenvalue weighted by Crippen LogP contribution is -2.49. The van der Waals surface area contributed by atoms with Crippen molar-refractivity contribution in [1.29, 1.82) is 0 Å². The minimum absolute atomic E-state index is 0.397. The number of aryl methyl sites for hydroxylation is 1. The van der Waals surface area contributed by atoms with E-state index in [2.05, 4.69) is 15.6 Å². The summed E-state index contributed by atoms with van der Waals surface area (Å²) in [5.74, 6) is -0.735. The van der Waals surface area contributed by atoms with E-state index in [1.165, 1.54) is 0 Å². The van der Waals surface area contributed by atoms with E-state index in [4.69, 9.17) is 0 Å². The van der Waals surface area contributed by atoms with E-state index >= 15 is 0 Å². The van der Waals surface area contributed by atoms with Crippen molar-refractivity contribution in [3.63, 3.8) is 0 Å². The van der Waals surface area contributed by atoms with Crippen LogP contribution in [-0.4, -0.2) is 47.9 Å². The molecule has 1 aromatic heterocycles. The zero-order valence-corrected chi connectivity index (χ0v) is 10.3. The lowest BCUT2D eigenvalue weighted by atomic mass is 10.3. The molecule has 6 nitrogen and oxygen atoms in total. The third kappa shape index (κ3) is 3.04. The Hall–Kier alpha value is -1.95. The average molecular weight is 248 g/mol. The highest BCUT2D eigenvalue weighted by molar-refractivity contribution is 6.39. The molecule has 0 aliphatic carbocycles. The number of carbonyl (C=O) groups excluding carboxylic acids is 2. The van der Waals surface area contributed by atoms with Crippen molar-refractivity contribution >= 4 is 17.6 Å². The number of rotatable bonds is 1. The zero-order valence-electron chi connectivity index (χ0n) is 10.3. The predicted molar refractivity (Wildman–Crippen MR) is 67.1 cm³/mol. The lowest BCUT2D eigenvalue weighted by Gasteiger charge is -2.26. The molecule has 2 N–H and O–H groups in total. The summed E-state index contributed by atoms with van der Waals surface area (Å²) in [4.78, 5) is 29.1. The predicted octanol–water partition coefficient (Wildman–Crippen LogP) is -0.240. The van der Waals surface area contributed by atoms with Gasteiger partial charge in [0.2, 0.25) is 0 Å². The molecule has 2 rings (SSSR count). The van der Waals surface area contributed by atoms with E-state index in [0.717, 1.165) is 18.7 Å². The first kappa shape index (κ1) is 12.5. The molecule has 1 saturated heterocycles. The van der Waals surface area contributed by atoms with Crippen molar-refractivity contribution in [2.75, 3.05) is 31.5 Å². The van der Waals surface area contributed by atoms with E-state index in [-0.39, 0.29) is 0 Å². The molecule has 1 fully saturated rings. The number of hydrogen-bond donors (Lipinski definition) is 2. The number of carbonyl (C=O) groups is 2. The first-order chi connectivity index (χ1) is 8.66. The third-order valence-corrected chi connectivity index (χ3v) is 2.75. The molecule has 96 valence electrons. The first-order valence-corrected chi connectivity index (χ1v) is 5.90. The van der Waals surface area contributed by atoms with Crippen molar-refractivity contribution < 1.29 is 9.59 Å². The van der Waals surface area contributed by atoms with Crippen molar-refractivity contribution in [2.24, 2.45) is 0 Å². The summed E-state index contributed by atoms with van der Waals surface area (Å²) in [5.41, 5.74) is 1.00. The number of nitrogens with zero attached hydrogens (tertiary/aromatic N) is 2. The molecule has 1 aliphatic heterocycles. The fourth-order valence-electron chi connectivity index (χ4n) is 1.72. The lowest BCUT2D eigenvalue weighted by molar-refractivity contribution is -0.143. The maximum atomic E-state index is 11.8. The second kappa shape index (κ2) is 5.59. The molecule has 0 unspecified atom stereocenters. The number of anilines is 1. The number of pyridine rings is 1. The van der Waals surface area contributed by atoms with Crippen LogP contribution in [0.4, 0.5) is 5.82 Å². The summed E-state index contributed by atoms with van der Waals surface area (Å²) in [5, 5.41) is 5.63. The number of piperazine rings is 1. The molecule has 18 heavy (non-hydrogen) atoms. The summed E-state index contributed by atoms with van der Waals surface area (Å²) in [6.45, 7) is 4.48. The van der Waals surface area contributed by atoms with Crippen LogP contribution in [0.25, 0.3) is 0 Å². The molecule has 0 radical (unpaired) electrons. The normalized spacial score (nSPS) is 15.3. The van der Waals surface area contributed by atoms with Crippen LogP contribution >= 0.6 is 0 Å². The van der Waals surface area contributed by atoms with Crippen LogP contribution in [0.5, 0.6) is 0 Å². The van der Waals surface area contributed by atoms with Gasteiger partial charge < -0.3 is 15.5 Å². The average Bonchev–Trinajstić information content (AvgIpc) is 2.41. The number of nitrogens with one attached hydrogen (secondary N) is 2. The smallest absolute Gasteiger partial charge is 0.315 e. The van der Waals surface area contributed by atoms with Crippen LogP contribution < -0.4 is 10.6 Å². The molecule has 0 saturated carbocycles.